The van der Waals surface area contributed by atoms with E-state index >= 15 is 0 Å². The van der Waals surface area contributed by atoms with Gasteiger partial charge in [0.2, 0.25) is 4.96 Å². The van der Waals surface area contributed by atoms with Crippen LogP contribution in [-0.2, 0) is 0 Å². The largest absolute Gasteiger partial charge is 0.217 e. The van der Waals surface area contributed by atoms with E-state index in [0.717, 1.165) is 8.88 Å². The fraction of sp³-hybridized carbons (Fsp3) is 0. The Morgan fingerprint density at radius 1 is 1.41 bits per heavy atom. The Hall–Kier alpha value is -0.980. The Bertz CT molecular complexity index is 677. The topological polar surface area (TPSA) is 30.2 Å². The van der Waals surface area contributed by atoms with Crippen molar-refractivity contribution in [3.8, 4) is 11.3 Å². The summed E-state index contributed by atoms with van der Waals surface area (Å²) in [6, 6.07) is 4.24. The maximum absolute atomic E-state index is 12.9. The zero-order valence-electron chi connectivity index (χ0n) is 8.19. The number of benzene rings is 1. The minimum Gasteiger partial charge on any atom is -0.217 e. The SMILES string of the molecule is Fc1ccc(-c2cn3nc(Br)sc3n2)c(Cl)c1. The maximum atomic E-state index is 12.9. The molecule has 7 heteroatoms. The molecular weight excluding hydrogens is 329 g/mol. The number of aromatic nitrogens is 3. The molecule has 17 heavy (non-hydrogen) atoms. The minimum absolute atomic E-state index is 0.342. The summed E-state index contributed by atoms with van der Waals surface area (Å²) in [5, 5.41) is 4.52. The molecule has 0 saturated carbocycles. The Morgan fingerprint density at radius 2 is 2.24 bits per heavy atom. The lowest BCUT2D eigenvalue weighted by Crippen LogP contribution is -1.82. The van der Waals surface area contributed by atoms with Gasteiger partial charge in [0.05, 0.1) is 16.9 Å². The van der Waals surface area contributed by atoms with E-state index < -0.39 is 0 Å². The van der Waals surface area contributed by atoms with E-state index in [4.69, 9.17) is 11.6 Å². The van der Waals surface area contributed by atoms with E-state index in [9.17, 15) is 4.39 Å². The number of hydrogen-bond donors (Lipinski definition) is 0. The molecule has 0 fully saturated rings. The van der Waals surface area contributed by atoms with Crippen LogP contribution in [0, 0.1) is 5.82 Å². The molecule has 0 N–H and O–H groups in total. The van der Waals surface area contributed by atoms with Crippen LogP contribution in [-0.4, -0.2) is 14.6 Å². The van der Waals surface area contributed by atoms with Crippen molar-refractivity contribution < 1.29 is 4.39 Å². The molecule has 2 heterocycles. The van der Waals surface area contributed by atoms with Crippen molar-refractivity contribution in [3.63, 3.8) is 0 Å². The lowest BCUT2D eigenvalue weighted by molar-refractivity contribution is 0.628. The van der Waals surface area contributed by atoms with Gasteiger partial charge in [-0.3, -0.25) is 0 Å². The molecule has 0 unspecified atom stereocenters. The molecule has 0 aliphatic rings. The Kier molecular flexibility index (Phi) is 2.65. The summed E-state index contributed by atoms with van der Waals surface area (Å²) in [4.78, 5) is 5.13. The summed E-state index contributed by atoms with van der Waals surface area (Å²) in [6.45, 7) is 0. The normalized spacial score (nSPS) is 11.2. The summed E-state index contributed by atoms with van der Waals surface area (Å²) in [6.07, 6.45) is 1.76. The van der Waals surface area contributed by atoms with Crippen molar-refractivity contribution >= 4 is 43.8 Å². The van der Waals surface area contributed by atoms with Crippen LogP contribution < -0.4 is 0 Å². The minimum atomic E-state index is -0.361. The first kappa shape index (κ1) is 11.1. The predicted octanol–water partition coefficient (Wildman–Crippen LogP) is 4.01. The molecule has 1 aromatic carbocycles. The van der Waals surface area contributed by atoms with Gasteiger partial charge in [-0.05, 0) is 34.1 Å². The molecule has 0 bridgehead atoms. The summed E-state index contributed by atoms with van der Waals surface area (Å²) >= 11 is 10.7. The number of imidazole rings is 1. The molecule has 3 nitrogen and oxygen atoms in total. The third-order valence-corrected chi connectivity index (χ3v) is 3.89. The van der Waals surface area contributed by atoms with Gasteiger partial charge in [-0.2, -0.15) is 0 Å². The number of hydrogen-bond acceptors (Lipinski definition) is 3. The van der Waals surface area contributed by atoms with Crippen LogP contribution in [0.5, 0.6) is 0 Å². The second-order valence-electron chi connectivity index (χ2n) is 3.33. The third-order valence-electron chi connectivity index (χ3n) is 2.23. The predicted molar refractivity (Wildman–Crippen MR) is 69.0 cm³/mol. The summed E-state index contributed by atoms with van der Waals surface area (Å²) < 4.78 is 15.4. The van der Waals surface area contributed by atoms with Crippen LogP contribution in [0.3, 0.4) is 0 Å². The fourth-order valence-electron chi connectivity index (χ4n) is 1.50. The lowest BCUT2D eigenvalue weighted by Gasteiger charge is -1.99. The van der Waals surface area contributed by atoms with E-state index in [-0.39, 0.29) is 5.82 Å². The summed E-state index contributed by atoms with van der Waals surface area (Å²) in [5.41, 5.74) is 1.38. The van der Waals surface area contributed by atoms with E-state index in [1.54, 1.807) is 16.8 Å². The fourth-order valence-corrected chi connectivity index (χ4v) is 2.98. The van der Waals surface area contributed by atoms with Gasteiger partial charge < -0.3 is 0 Å². The van der Waals surface area contributed by atoms with Gasteiger partial charge >= 0.3 is 0 Å². The zero-order chi connectivity index (χ0) is 12.0. The Balaban J connectivity index is 2.16. The molecule has 0 radical (unpaired) electrons. The molecule has 0 spiro atoms. The summed E-state index contributed by atoms with van der Waals surface area (Å²) in [7, 11) is 0. The highest BCUT2D eigenvalue weighted by atomic mass is 79.9. The maximum Gasteiger partial charge on any atom is 0.213 e. The van der Waals surface area contributed by atoms with Gasteiger partial charge in [-0.1, -0.05) is 22.9 Å². The Morgan fingerprint density at radius 3 is 2.94 bits per heavy atom. The first-order chi connectivity index (χ1) is 8.13. The van der Waals surface area contributed by atoms with Crippen molar-refractivity contribution in [1.82, 2.24) is 14.6 Å². The van der Waals surface area contributed by atoms with Gasteiger partial charge in [0.1, 0.15) is 5.82 Å². The Labute approximate surface area is 113 Å². The number of nitrogens with zero attached hydrogens (tertiary/aromatic N) is 3. The molecular formula is C10H4BrClFN3S. The van der Waals surface area contributed by atoms with Crippen LogP contribution in [0.2, 0.25) is 5.02 Å². The van der Waals surface area contributed by atoms with E-state index in [0.29, 0.717) is 16.3 Å². The standard InChI is InChI=1S/C10H4BrClFN3S/c11-9-15-16-4-8(14-10(16)17-9)6-2-1-5(13)3-7(6)12/h1-4H. The van der Waals surface area contributed by atoms with E-state index in [1.807, 2.05) is 0 Å². The lowest BCUT2D eigenvalue weighted by atomic mass is 10.2. The second kappa shape index (κ2) is 4.04. The molecule has 3 aromatic rings. The quantitative estimate of drug-likeness (QED) is 0.674. The van der Waals surface area contributed by atoms with Crippen LogP contribution in [0.15, 0.2) is 28.3 Å². The van der Waals surface area contributed by atoms with Crippen molar-refractivity contribution in [3.05, 3.63) is 39.2 Å². The molecule has 0 atom stereocenters. The second-order valence-corrected chi connectivity index (χ2v) is 5.97. The molecule has 86 valence electrons. The van der Waals surface area contributed by atoms with Gasteiger partial charge in [-0.25, -0.2) is 13.9 Å². The number of halogens is 3. The van der Waals surface area contributed by atoms with Gasteiger partial charge in [0, 0.05) is 5.56 Å². The first-order valence-electron chi connectivity index (χ1n) is 4.60. The molecule has 0 amide bonds. The van der Waals surface area contributed by atoms with Crippen molar-refractivity contribution in [1.29, 1.82) is 0 Å². The highest BCUT2D eigenvalue weighted by Gasteiger charge is 2.11. The van der Waals surface area contributed by atoms with Crippen LogP contribution >= 0.6 is 38.9 Å². The molecule has 3 rings (SSSR count). The van der Waals surface area contributed by atoms with Gasteiger partial charge in [0.25, 0.3) is 0 Å². The average molecular weight is 333 g/mol. The van der Waals surface area contributed by atoms with E-state index in [2.05, 4.69) is 26.0 Å². The van der Waals surface area contributed by atoms with Crippen LogP contribution in [0.25, 0.3) is 16.2 Å². The van der Waals surface area contributed by atoms with Crippen molar-refractivity contribution in [2.24, 2.45) is 0 Å². The van der Waals surface area contributed by atoms with Gasteiger partial charge in [-0.15, -0.1) is 5.10 Å². The highest BCUT2D eigenvalue weighted by molar-refractivity contribution is 9.11. The molecule has 0 saturated heterocycles. The number of rotatable bonds is 1. The molecule has 0 aliphatic heterocycles. The first-order valence-corrected chi connectivity index (χ1v) is 6.59. The molecule has 0 aliphatic carbocycles. The molecule has 2 aromatic heterocycles. The van der Waals surface area contributed by atoms with Crippen molar-refractivity contribution in [2.45, 2.75) is 0 Å². The van der Waals surface area contributed by atoms with Crippen molar-refractivity contribution in [2.75, 3.05) is 0 Å². The smallest absolute Gasteiger partial charge is 0.213 e. The third kappa shape index (κ3) is 1.96. The monoisotopic (exact) mass is 331 g/mol. The highest BCUT2D eigenvalue weighted by Crippen LogP contribution is 2.29. The van der Waals surface area contributed by atoms with Crippen LogP contribution in [0.1, 0.15) is 0 Å². The van der Waals surface area contributed by atoms with E-state index in [1.165, 1.54) is 23.5 Å². The van der Waals surface area contributed by atoms with Crippen LogP contribution in [0.4, 0.5) is 4.39 Å². The summed E-state index contributed by atoms with van der Waals surface area (Å²) in [5.74, 6) is -0.361. The average Bonchev–Trinajstić information content (AvgIpc) is 2.74. The zero-order valence-corrected chi connectivity index (χ0v) is 11.4. The van der Waals surface area contributed by atoms with Gasteiger partial charge in [0.15, 0.2) is 3.92 Å². The number of fused-ring (bicyclic) bond motifs is 1.